The van der Waals surface area contributed by atoms with Crippen molar-refractivity contribution in [1.29, 1.82) is 0 Å². The second kappa shape index (κ2) is 9.93. The second-order valence-corrected chi connectivity index (χ2v) is 12.4. The monoisotopic (exact) mass is 539 g/mol. The molecular weight excluding hydrogens is 510 g/mol. The van der Waals surface area contributed by atoms with Gasteiger partial charge in [0.25, 0.3) is 5.56 Å². The Morgan fingerprint density at radius 2 is 1.62 bits per heavy atom. The van der Waals surface area contributed by atoms with Gasteiger partial charge in [0.1, 0.15) is 11.6 Å². The summed E-state index contributed by atoms with van der Waals surface area (Å²) in [6.07, 6.45) is 0. The van der Waals surface area contributed by atoms with Crippen LogP contribution < -0.4 is 10.3 Å². The molecule has 4 rings (SSSR count). The first-order chi connectivity index (χ1) is 17.3. The number of hydrogen-bond acceptors (Lipinski definition) is 5. The van der Waals surface area contributed by atoms with Gasteiger partial charge in [-0.1, -0.05) is 44.5 Å². The summed E-state index contributed by atoms with van der Waals surface area (Å²) in [5, 5.41) is 0.745. The molecule has 0 aliphatic heterocycles. The minimum absolute atomic E-state index is 0.103. The Bertz CT molecular complexity index is 1610. The number of nitrogens with zero attached hydrogens (tertiary/aromatic N) is 3. The smallest absolute Gasteiger partial charge is 0.266 e. The minimum Gasteiger partial charge on any atom is -0.497 e. The number of rotatable bonds is 6. The molecule has 194 valence electrons. The van der Waals surface area contributed by atoms with E-state index >= 15 is 0 Å². The van der Waals surface area contributed by atoms with Crippen molar-refractivity contribution in [3.63, 3.8) is 0 Å². The van der Waals surface area contributed by atoms with Crippen LogP contribution >= 0.6 is 11.6 Å². The number of methoxy groups -OCH3 is 1. The predicted molar refractivity (Wildman–Crippen MR) is 147 cm³/mol. The van der Waals surface area contributed by atoms with Crippen molar-refractivity contribution in [3.05, 3.63) is 93.5 Å². The molecule has 3 aromatic carbocycles. The van der Waals surface area contributed by atoms with E-state index in [1.54, 1.807) is 68.6 Å². The number of hydrogen-bond donors (Lipinski definition) is 0. The summed E-state index contributed by atoms with van der Waals surface area (Å²) < 4.78 is 35.1. The van der Waals surface area contributed by atoms with E-state index < -0.39 is 16.1 Å². The summed E-state index contributed by atoms with van der Waals surface area (Å²) in [6.45, 7) is 7.93. The van der Waals surface area contributed by atoms with Gasteiger partial charge in [0.2, 0.25) is 10.0 Å². The Morgan fingerprint density at radius 1 is 1.00 bits per heavy atom. The van der Waals surface area contributed by atoms with E-state index in [4.69, 9.17) is 21.3 Å². The van der Waals surface area contributed by atoms with E-state index in [-0.39, 0.29) is 21.7 Å². The molecule has 0 bridgehead atoms. The fourth-order valence-corrected chi connectivity index (χ4v) is 5.60. The van der Waals surface area contributed by atoms with E-state index in [9.17, 15) is 13.2 Å². The topological polar surface area (TPSA) is 81.5 Å². The maximum absolute atomic E-state index is 13.7. The maximum atomic E-state index is 13.7. The largest absolute Gasteiger partial charge is 0.497 e. The molecular formula is C28H30ClN3O4S. The zero-order valence-corrected chi connectivity index (χ0v) is 23.3. The van der Waals surface area contributed by atoms with Crippen molar-refractivity contribution in [1.82, 2.24) is 13.9 Å². The molecule has 0 fully saturated rings. The molecule has 0 aliphatic rings. The Balaban J connectivity index is 1.86. The summed E-state index contributed by atoms with van der Waals surface area (Å²) in [4.78, 5) is 18.6. The number of ether oxygens (including phenoxy) is 1. The standard InChI is InChI=1S/C28H30ClN3O4S/c1-18(31(5)37(34,35)23-14-7-19(8-15-23)28(2,3)4)26-30-25-16-9-20(29)17-24(25)27(33)32(26)21-10-12-22(36-6)13-11-21/h7-18H,1-6H3. The van der Waals surface area contributed by atoms with E-state index in [1.165, 1.54) is 15.9 Å². The molecule has 4 aromatic rings. The summed E-state index contributed by atoms with van der Waals surface area (Å²) in [5.74, 6) is 0.906. The highest BCUT2D eigenvalue weighted by molar-refractivity contribution is 7.89. The average Bonchev–Trinajstić information content (AvgIpc) is 2.87. The number of fused-ring (bicyclic) bond motifs is 1. The molecule has 7 nitrogen and oxygen atoms in total. The van der Waals surface area contributed by atoms with Crippen LogP contribution in [0.2, 0.25) is 5.02 Å². The molecule has 9 heteroatoms. The molecule has 1 aromatic heterocycles. The third-order valence-electron chi connectivity index (χ3n) is 6.50. The summed E-state index contributed by atoms with van der Waals surface area (Å²) in [5.41, 5.74) is 1.54. The first-order valence-corrected chi connectivity index (χ1v) is 13.6. The molecule has 37 heavy (non-hydrogen) atoms. The summed E-state index contributed by atoms with van der Waals surface area (Å²) in [6, 6.07) is 17.9. The van der Waals surface area contributed by atoms with Crippen LogP contribution in [-0.4, -0.2) is 36.4 Å². The van der Waals surface area contributed by atoms with Crippen LogP contribution in [0.25, 0.3) is 16.6 Å². The lowest BCUT2D eigenvalue weighted by atomic mass is 9.87. The van der Waals surface area contributed by atoms with Crippen molar-refractivity contribution in [3.8, 4) is 11.4 Å². The van der Waals surface area contributed by atoms with Crippen molar-refractivity contribution in [2.45, 2.75) is 44.0 Å². The molecule has 0 aliphatic carbocycles. The zero-order valence-electron chi connectivity index (χ0n) is 21.7. The van der Waals surface area contributed by atoms with Crippen LogP contribution in [0.3, 0.4) is 0 Å². The van der Waals surface area contributed by atoms with Crippen molar-refractivity contribution >= 4 is 32.5 Å². The molecule has 0 radical (unpaired) electrons. The lowest BCUT2D eigenvalue weighted by molar-refractivity contribution is 0.379. The number of halogens is 1. The van der Waals surface area contributed by atoms with E-state index in [0.717, 1.165) is 5.56 Å². The number of sulfonamides is 1. The Labute approximate surface area is 222 Å². The van der Waals surface area contributed by atoms with Gasteiger partial charge < -0.3 is 4.74 Å². The lowest BCUT2D eigenvalue weighted by Gasteiger charge is -2.27. The average molecular weight is 540 g/mol. The van der Waals surface area contributed by atoms with Gasteiger partial charge in [0.05, 0.1) is 34.6 Å². The van der Waals surface area contributed by atoms with Gasteiger partial charge in [0.15, 0.2) is 0 Å². The molecule has 0 spiro atoms. The molecule has 1 heterocycles. The van der Waals surface area contributed by atoms with Gasteiger partial charge in [0, 0.05) is 12.1 Å². The molecule has 0 saturated heterocycles. The Hall–Kier alpha value is -3.20. The van der Waals surface area contributed by atoms with Gasteiger partial charge >= 0.3 is 0 Å². The quantitative estimate of drug-likeness (QED) is 0.313. The van der Waals surface area contributed by atoms with Crippen molar-refractivity contribution < 1.29 is 13.2 Å². The van der Waals surface area contributed by atoms with Gasteiger partial charge in [-0.3, -0.25) is 9.36 Å². The fourth-order valence-electron chi connectivity index (χ4n) is 4.10. The molecule has 0 amide bonds. The van der Waals surface area contributed by atoms with Crippen molar-refractivity contribution in [2.24, 2.45) is 0 Å². The Kier molecular flexibility index (Phi) is 7.21. The molecule has 0 N–H and O–H groups in total. The third kappa shape index (κ3) is 5.14. The SMILES string of the molecule is COc1ccc(-n2c(C(C)N(C)S(=O)(=O)c3ccc(C(C)(C)C)cc3)nc3ccc(Cl)cc3c2=O)cc1. The second-order valence-electron chi connectivity index (χ2n) is 9.94. The minimum atomic E-state index is -3.89. The van der Waals surface area contributed by atoms with Crippen LogP contribution in [0.5, 0.6) is 5.75 Å². The van der Waals surface area contributed by atoms with E-state index in [2.05, 4.69) is 20.8 Å². The lowest BCUT2D eigenvalue weighted by Crippen LogP contribution is -2.35. The summed E-state index contributed by atoms with van der Waals surface area (Å²) >= 11 is 6.17. The predicted octanol–water partition coefficient (Wildman–Crippen LogP) is 5.73. The molecule has 1 atom stereocenters. The number of benzene rings is 3. The highest BCUT2D eigenvalue weighted by Crippen LogP contribution is 2.29. The summed E-state index contributed by atoms with van der Waals surface area (Å²) in [7, 11) is -0.842. The normalized spacial score (nSPS) is 13.2. The fraction of sp³-hybridized carbons (Fsp3) is 0.286. The zero-order chi connectivity index (χ0) is 27.1. The van der Waals surface area contributed by atoms with E-state index in [0.29, 0.717) is 27.4 Å². The first kappa shape index (κ1) is 26.9. The molecule has 1 unspecified atom stereocenters. The Morgan fingerprint density at radius 3 is 2.19 bits per heavy atom. The van der Waals surface area contributed by atoms with Crippen LogP contribution in [0, 0.1) is 0 Å². The van der Waals surface area contributed by atoms with Gasteiger partial charge in [-0.15, -0.1) is 0 Å². The van der Waals surface area contributed by atoms with Gasteiger partial charge in [-0.25, -0.2) is 13.4 Å². The third-order valence-corrected chi connectivity index (χ3v) is 8.68. The molecule has 0 saturated carbocycles. The van der Waals surface area contributed by atoms with Crippen LogP contribution in [0.15, 0.2) is 76.4 Å². The number of aromatic nitrogens is 2. The van der Waals surface area contributed by atoms with Crippen molar-refractivity contribution in [2.75, 3.05) is 14.2 Å². The maximum Gasteiger partial charge on any atom is 0.266 e. The van der Waals surface area contributed by atoms with Crippen LogP contribution in [0.1, 0.15) is 45.1 Å². The van der Waals surface area contributed by atoms with Gasteiger partial charge in [-0.05, 0) is 72.5 Å². The highest BCUT2D eigenvalue weighted by Gasteiger charge is 2.30. The van der Waals surface area contributed by atoms with Crippen LogP contribution in [-0.2, 0) is 15.4 Å². The highest BCUT2D eigenvalue weighted by atomic mass is 35.5. The van der Waals surface area contributed by atoms with Crippen LogP contribution in [0.4, 0.5) is 0 Å². The van der Waals surface area contributed by atoms with E-state index in [1.807, 2.05) is 12.1 Å². The first-order valence-electron chi connectivity index (χ1n) is 11.8. The van der Waals surface area contributed by atoms with Gasteiger partial charge in [-0.2, -0.15) is 4.31 Å².